The van der Waals surface area contributed by atoms with Gasteiger partial charge in [0.25, 0.3) is 0 Å². The van der Waals surface area contributed by atoms with E-state index in [0.29, 0.717) is 5.82 Å². The molecular formula is C21H19F3N4O2. The van der Waals surface area contributed by atoms with Crippen molar-refractivity contribution in [3.05, 3.63) is 59.9 Å². The van der Waals surface area contributed by atoms with Crippen molar-refractivity contribution < 1.29 is 22.8 Å². The quantitative estimate of drug-likeness (QED) is 0.679. The number of aromatic nitrogens is 2. The van der Waals surface area contributed by atoms with Crippen molar-refractivity contribution in [2.24, 2.45) is 5.92 Å². The maximum Gasteiger partial charge on any atom is 0.416 e. The van der Waals surface area contributed by atoms with Gasteiger partial charge >= 0.3 is 6.18 Å². The number of rotatable bonds is 4. The summed E-state index contributed by atoms with van der Waals surface area (Å²) in [5.41, 5.74) is 0.926. The van der Waals surface area contributed by atoms with Crippen molar-refractivity contribution in [1.29, 1.82) is 0 Å². The second-order valence-corrected chi connectivity index (χ2v) is 7.32. The molecule has 1 aromatic heterocycles. The fourth-order valence-electron chi connectivity index (χ4n) is 3.56. The number of fused-ring (bicyclic) bond motifs is 1. The van der Waals surface area contributed by atoms with Crippen LogP contribution in [0.4, 0.5) is 18.9 Å². The molecule has 2 heterocycles. The van der Waals surface area contributed by atoms with E-state index in [9.17, 15) is 22.8 Å². The van der Waals surface area contributed by atoms with Crippen LogP contribution in [0.5, 0.6) is 0 Å². The molecule has 0 radical (unpaired) electrons. The van der Waals surface area contributed by atoms with Gasteiger partial charge in [0.2, 0.25) is 11.8 Å². The van der Waals surface area contributed by atoms with E-state index in [4.69, 9.17) is 0 Å². The Balaban J connectivity index is 1.45. The number of carbonyl (C=O) groups is 2. The Labute approximate surface area is 170 Å². The fourth-order valence-corrected chi connectivity index (χ4v) is 3.56. The summed E-state index contributed by atoms with van der Waals surface area (Å²) in [6.45, 7) is 1.80. The van der Waals surface area contributed by atoms with E-state index in [2.05, 4.69) is 15.3 Å². The SMILES string of the molecule is C[C@@H](NC(=O)[C@H]1CC(=O)N(c2cccc(C(F)(F)F)c2)C1)c1nc2ccccc2[nH]1. The molecule has 2 N–H and O–H groups in total. The predicted molar refractivity (Wildman–Crippen MR) is 105 cm³/mol. The van der Waals surface area contributed by atoms with Crippen LogP contribution in [0.25, 0.3) is 11.0 Å². The Morgan fingerprint density at radius 1 is 1.23 bits per heavy atom. The number of alkyl halides is 3. The van der Waals surface area contributed by atoms with Gasteiger partial charge in [0.05, 0.1) is 28.6 Å². The van der Waals surface area contributed by atoms with Crippen LogP contribution >= 0.6 is 0 Å². The van der Waals surface area contributed by atoms with Crippen LogP contribution in [0.15, 0.2) is 48.5 Å². The van der Waals surface area contributed by atoms with E-state index >= 15 is 0 Å². The lowest BCUT2D eigenvalue weighted by Crippen LogP contribution is -2.35. The summed E-state index contributed by atoms with van der Waals surface area (Å²) in [7, 11) is 0. The Morgan fingerprint density at radius 2 is 2.00 bits per heavy atom. The smallest absolute Gasteiger partial charge is 0.346 e. The van der Waals surface area contributed by atoms with Crippen molar-refractivity contribution in [3.63, 3.8) is 0 Å². The van der Waals surface area contributed by atoms with Crippen molar-refractivity contribution >= 4 is 28.5 Å². The minimum absolute atomic E-state index is 0.0266. The summed E-state index contributed by atoms with van der Waals surface area (Å²) in [4.78, 5) is 33.9. The van der Waals surface area contributed by atoms with E-state index in [1.165, 1.54) is 17.0 Å². The third-order valence-electron chi connectivity index (χ3n) is 5.16. The lowest BCUT2D eigenvalue weighted by molar-refractivity contribution is -0.137. The van der Waals surface area contributed by atoms with Crippen LogP contribution < -0.4 is 10.2 Å². The van der Waals surface area contributed by atoms with Gasteiger partial charge in [-0.1, -0.05) is 18.2 Å². The number of carbonyl (C=O) groups excluding carboxylic acids is 2. The highest BCUT2D eigenvalue weighted by Gasteiger charge is 2.37. The molecule has 6 nitrogen and oxygen atoms in total. The van der Waals surface area contributed by atoms with Crippen molar-refractivity contribution in [2.45, 2.75) is 25.6 Å². The molecule has 0 saturated carbocycles. The number of halogens is 3. The molecule has 2 amide bonds. The van der Waals surface area contributed by atoms with Crippen LogP contribution in [0, 0.1) is 5.92 Å². The Morgan fingerprint density at radius 3 is 2.73 bits per heavy atom. The average Bonchev–Trinajstić information content (AvgIpc) is 3.31. The maximum absolute atomic E-state index is 13.0. The minimum Gasteiger partial charge on any atom is -0.346 e. The van der Waals surface area contributed by atoms with Crippen molar-refractivity contribution in [3.8, 4) is 0 Å². The first-order valence-electron chi connectivity index (χ1n) is 9.45. The molecule has 2 atom stereocenters. The maximum atomic E-state index is 13.0. The number of amides is 2. The van der Waals surface area contributed by atoms with Crippen LogP contribution in [-0.2, 0) is 15.8 Å². The van der Waals surface area contributed by atoms with Crippen LogP contribution in [0.1, 0.15) is 30.8 Å². The predicted octanol–water partition coefficient (Wildman–Crippen LogP) is 3.81. The Hall–Kier alpha value is -3.36. The number of anilines is 1. The topological polar surface area (TPSA) is 78.1 Å². The van der Waals surface area contributed by atoms with Gasteiger partial charge in [-0.3, -0.25) is 9.59 Å². The van der Waals surface area contributed by atoms with Gasteiger partial charge in [-0.25, -0.2) is 4.98 Å². The van der Waals surface area contributed by atoms with Gasteiger partial charge in [0.15, 0.2) is 0 Å². The molecule has 1 aliphatic rings. The lowest BCUT2D eigenvalue weighted by Gasteiger charge is -2.19. The molecule has 4 rings (SSSR count). The third-order valence-corrected chi connectivity index (χ3v) is 5.16. The van der Waals surface area contributed by atoms with Gasteiger partial charge in [-0.05, 0) is 37.3 Å². The molecule has 0 bridgehead atoms. The van der Waals surface area contributed by atoms with Crippen LogP contribution in [0.3, 0.4) is 0 Å². The normalized spacial score (nSPS) is 18.1. The minimum atomic E-state index is -4.50. The first kappa shape index (κ1) is 19.9. The number of para-hydroxylation sites is 2. The average molecular weight is 416 g/mol. The number of imidazole rings is 1. The number of benzene rings is 2. The zero-order chi connectivity index (χ0) is 21.5. The summed E-state index contributed by atoms with van der Waals surface area (Å²) >= 11 is 0. The Kier molecular flexibility index (Phi) is 4.97. The van der Waals surface area contributed by atoms with Gasteiger partial charge < -0.3 is 15.2 Å². The Bertz CT molecular complexity index is 1080. The van der Waals surface area contributed by atoms with E-state index in [1.54, 1.807) is 6.92 Å². The molecular weight excluding hydrogens is 397 g/mol. The number of nitrogens with one attached hydrogen (secondary N) is 2. The third kappa shape index (κ3) is 3.87. The van der Waals surface area contributed by atoms with Gasteiger partial charge in [-0.2, -0.15) is 13.2 Å². The summed E-state index contributed by atoms with van der Waals surface area (Å²) < 4.78 is 38.9. The molecule has 1 fully saturated rings. The molecule has 30 heavy (non-hydrogen) atoms. The zero-order valence-electron chi connectivity index (χ0n) is 16.0. The molecule has 0 aliphatic carbocycles. The monoisotopic (exact) mass is 416 g/mol. The molecule has 3 aromatic rings. The molecule has 2 aromatic carbocycles. The molecule has 1 aliphatic heterocycles. The largest absolute Gasteiger partial charge is 0.416 e. The lowest BCUT2D eigenvalue weighted by atomic mass is 10.1. The fraction of sp³-hybridized carbons (Fsp3) is 0.286. The first-order valence-corrected chi connectivity index (χ1v) is 9.45. The van der Waals surface area contributed by atoms with Crippen molar-refractivity contribution in [2.75, 3.05) is 11.4 Å². The summed E-state index contributed by atoms with van der Waals surface area (Å²) in [5, 5.41) is 2.84. The van der Waals surface area contributed by atoms with Gasteiger partial charge in [0.1, 0.15) is 5.82 Å². The van der Waals surface area contributed by atoms with Crippen LogP contribution in [0.2, 0.25) is 0 Å². The van der Waals surface area contributed by atoms with Crippen molar-refractivity contribution in [1.82, 2.24) is 15.3 Å². The standard InChI is InChI=1S/C21H19F3N4O2/c1-12(19-26-16-7-2-3-8-17(16)27-19)25-20(30)13-9-18(29)28(11-13)15-6-4-5-14(10-15)21(22,23)24/h2-8,10,12-13H,9,11H2,1H3,(H,25,30)(H,26,27)/t12-,13+/m1/s1. The number of hydrogen-bond acceptors (Lipinski definition) is 3. The molecule has 9 heteroatoms. The van der Waals surface area contributed by atoms with Gasteiger partial charge in [-0.15, -0.1) is 0 Å². The summed E-state index contributed by atoms with van der Waals surface area (Å²) in [5.74, 6) is -0.792. The highest BCUT2D eigenvalue weighted by atomic mass is 19.4. The van der Waals surface area contributed by atoms with Gasteiger partial charge in [0, 0.05) is 18.7 Å². The molecule has 156 valence electrons. The summed E-state index contributed by atoms with van der Waals surface area (Å²) in [6, 6.07) is 11.6. The second-order valence-electron chi connectivity index (χ2n) is 7.32. The number of H-pyrrole nitrogens is 1. The van der Waals surface area contributed by atoms with E-state index in [0.717, 1.165) is 23.2 Å². The van der Waals surface area contributed by atoms with E-state index in [-0.39, 0.29) is 30.5 Å². The van der Waals surface area contributed by atoms with Crippen LogP contribution in [-0.4, -0.2) is 28.3 Å². The number of aromatic amines is 1. The summed E-state index contributed by atoms with van der Waals surface area (Å²) in [6.07, 6.45) is -4.56. The number of hydrogen-bond donors (Lipinski definition) is 2. The highest BCUT2D eigenvalue weighted by molar-refractivity contribution is 6.00. The molecule has 0 spiro atoms. The highest BCUT2D eigenvalue weighted by Crippen LogP contribution is 2.33. The molecule has 0 unspecified atom stereocenters. The van der Waals surface area contributed by atoms with E-state index < -0.39 is 23.7 Å². The second kappa shape index (κ2) is 7.47. The first-order chi connectivity index (χ1) is 14.2. The molecule has 1 saturated heterocycles. The van der Waals surface area contributed by atoms with E-state index in [1.807, 2.05) is 24.3 Å². The number of nitrogens with zero attached hydrogens (tertiary/aromatic N) is 2. The zero-order valence-corrected chi connectivity index (χ0v) is 16.0.